The Balaban J connectivity index is 2.29. The molecular weight excluding hydrogens is 105 g/mol. The zero-order chi connectivity index (χ0) is 5.98. The van der Waals surface area contributed by atoms with Crippen LogP contribution in [-0.2, 0) is 0 Å². The van der Waals surface area contributed by atoms with E-state index in [1.54, 1.807) is 11.8 Å². The molecule has 0 radical (unpaired) electrons. The van der Waals surface area contributed by atoms with Crippen molar-refractivity contribution in [3.05, 3.63) is 12.2 Å². The average Bonchev–Trinajstić information content (AvgIpc) is 2.12. The van der Waals surface area contributed by atoms with E-state index < -0.39 is 6.30 Å². The summed E-state index contributed by atoms with van der Waals surface area (Å²) in [5.74, 6) is 0. The van der Waals surface area contributed by atoms with Gasteiger partial charge >= 0.3 is 0 Å². The normalized spacial score (nSPS) is 24.2. The van der Waals surface area contributed by atoms with Crippen LogP contribution in [0.25, 0.3) is 0 Å². The second kappa shape index (κ2) is 2.27. The Bertz CT molecular complexity index is 90.7. The largest absolute Gasteiger partial charge is 0.267 e. The molecule has 1 nitrogen and oxygen atoms in total. The van der Waals surface area contributed by atoms with Crippen LogP contribution in [0.3, 0.4) is 0 Å². The fraction of sp³-hybridized carbons (Fsp3) is 0.667. The van der Waals surface area contributed by atoms with E-state index in [9.17, 15) is 4.39 Å². The van der Waals surface area contributed by atoms with Gasteiger partial charge < -0.3 is 0 Å². The molecular formula is C6H10FN. The summed E-state index contributed by atoms with van der Waals surface area (Å²) >= 11 is 0. The molecule has 0 aliphatic carbocycles. The molecule has 0 saturated heterocycles. The molecule has 1 aliphatic heterocycles. The summed E-state index contributed by atoms with van der Waals surface area (Å²) in [6.07, 6.45) is 3.18. The Kier molecular flexibility index (Phi) is 1.63. The maximum Gasteiger partial charge on any atom is 0.151 e. The predicted octanol–water partition coefficient (Wildman–Crippen LogP) is 1.17. The van der Waals surface area contributed by atoms with Crippen molar-refractivity contribution in [2.75, 3.05) is 13.1 Å². The lowest BCUT2D eigenvalue weighted by Gasteiger charge is -2.14. The van der Waals surface area contributed by atoms with Gasteiger partial charge in [-0.3, -0.25) is 4.90 Å². The summed E-state index contributed by atoms with van der Waals surface area (Å²) < 4.78 is 12.3. The monoisotopic (exact) mass is 115 g/mol. The van der Waals surface area contributed by atoms with Crippen molar-refractivity contribution in [1.82, 2.24) is 4.90 Å². The lowest BCUT2D eigenvalue weighted by Crippen LogP contribution is -2.26. The first-order valence-corrected chi connectivity index (χ1v) is 2.84. The molecule has 0 spiro atoms. The van der Waals surface area contributed by atoms with Gasteiger partial charge in [-0.25, -0.2) is 4.39 Å². The molecule has 8 heavy (non-hydrogen) atoms. The molecule has 0 aromatic carbocycles. The van der Waals surface area contributed by atoms with Crippen LogP contribution in [0.2, 0.25) is 0 Å². The molecule has 0 bridgehead atoms. The standard InChI is InChI=1S/C6H10FN/c1-6(7)8-4-2-3-5-8/h2-3,6H,4-5H2,1H3. The summed E-state index contributed by atoms with van der Waals surface area (Å²) in [6, 6.07) is 0. The fourth-order valence-electron chi connectivity index (χ4n) is 0.785. The molecule has 46 valence electrons. The maximum absolute atomic E-state index is 12.3. The molecule has 0 fully saturated rings. The highest BCUT2D eigenvalue weighted by Crippen LogP contribution is 2.04. The van der Waals surface area contributed by atoms with Crippen LogP contribution >= 0.6 is 0 Å². The number of nitrogens with zero attached hydrogens (tertiary/aromatic N) is 1. The van der Waals surface area contributed by atoms with Gasteiger partial charge in [-0.2, -0.15) is 0 Å². The highest BCUT2D eigenvalue weighted by atomic mass is 19.1. The van der Waals surface area contributed by atoms with Crippen molar-refractivity contribution in [2.24, 2.45) is 0 Å². The number of alkyl halides is 1. The highest BCUT2D eigenvalue weighted by Gasteiger charge is 2.11. The van der Waals surface area contributed by atoms with E-state index in [2.05, 4.69) is 0 Å². The molecule has 1 aliphatic rings. The predicted molar refractivity (Wildman–Crippen MR) is 31.3 cm³/mol. The molecule has 1 heterocycles. The number of hydrogen-bond acceptors (Lipinski definition) is 1. The van der Waals surface area contributed by atoms with Gasteiger partial charge in [0.2, 0.25) is 0 Å². The van der Waals surface area contributed by atoms with Crippen molar-refractivity contribution in [1.29, 1.82) is 0 Å². The maximum atomic E-state index is 12.3. The first-order chi connectivity index (χ1) is 3.80. The van der Waals surface area contributed by atoms with Crippen molar-refractivity contribution in [3.8, 4) is 0 Å². The Hall–Kier alpha value is -0.370. The third kappa shape index (κ3) is 1.07. The Morgan fingerprint density at radius 3 is 2.25 bits per heavy atom. The SMILES string of the molecule is CC(F)N1CC=CC1. The Morgan fingerprint density at radius 1 is 1.50 bits per heavy atom. The van der Waals surface area contributed by atoms with Crippen LogP contribution < -0.4 is 0 Å². The van der Waals surface area contributed by atoms with E-state index in [-0.39, 0.29) is 0 Å². The van der Waals surface area contributed by atoms with Crippen molar-refractivity contribution >= 4 is 0 Å². The lowest BCUT2D eigenvalue weighted by molar-refractivity contribution is 0.132. The molecule has 0 amide bonds. The van der Waals surface area contributed by atoms with E-state index in [0.717, 1.165) is 13.1 Å². The third-order valence-corrected chi connectivity index (χ3v) is 1.35. The van der Waals surface area contributed by atoms with Crippen LogP contribution in [0.4, 0.5) is 4.39 Å². The lowest BCUT2D eigenvalue weighted by atomic mass is 10.5. The van der Waals surface area contributed by atoms with Gasteiger partial charge in [-0.1, -0.05) is 12.2 Å². The zero-order valence-electron chi connectivity index (χ0n) is 4.97. The minimum atomic E-state index is -0.787. The van der Waals surface area contributed by atoms with E-state index in [0.29, 0.717) is 0 Å². The fourth-order valence-corrected chi connectivity index (χ4v) is 0.785. The third-order valence-electron chi connectivity index (χ3n) is 1.35. The van der Waals surface area contributed by atoms with Gasteiger partial charge in [-0.15, -0.1) is 0 Å². The van der Waals surface area contributed by atoms with E-state index in [4.69, 9.17) is 0 Å². The molecule has 0 N–H and O–H groups in total. The summed E-state index contributed by atoms with van der Waals surface area (Å²) in [5, 5.41) is 0. The minimum Gasteiger partial charge on any atom is -0.267 e. The first kappa shape index (κ1) is 5.76. The van der Waals surface area contributed by atoms with E-state index in [1.165, 1.54) is 0 Å². The van der Waals surface area contributed by atoms with Crippen molar-refractivity contribution in [3.63, 3.8) is 0 Å². The number of hydrogen-bond donors (Lipinski definition) is 0. The van der Waals surface area contributed by atoms with Gasteiger partial charge in [0.25, 0.3) is 0 Å². The number of halogens is 1. The number of rotatable bonds is 1. The summed E-state index contributed by atoms with van der Waals surface area (Å²) in [5.41, 5.74) is 0. The van der Waals surface area contributed by atoms with Crippen LogP contribution in [0.5, 0.6) is 0 Å². The second-order valence-corrected chi connectivity index (χ2v) is 2.00. The van der Waals surface area contributed by atoms with Crippen LogP contribution in [0.1, 0.15) is 6.92 Å². The van der Waals surface area contributed by atoms with Crippen molar-refractivity contribution < 1.29 is 4.39 Å². The first-order valence-electron chi connectivity index (χ1n) is 2.84. The van der Waals surface area contributed by atoms with Gasteiger partial charge in [0.1, 0.15) is 0 Å². The summed E-state index contributed by atoms with van der Waals surface area (Å²) in [7, 11) is 0. The quantitative estimate of drug-likeness (QED) is 0.366. The molecule has 1 unspecified atom stereocenters. The molecule has 1 rings (SSSR count). The smallest absolute Gasteiger partial charge is 0.151 e. The summed E-state index contributed by atoms with van der Waals surface area (Å²) in [4.78, 5) is 1.75. The molecule has 0 aromatic rings. The molecule has 0 aromatic heterocycles. The van der Waals surface area contributed by atoms with Crippen molar-refractivity contribution in [2.45, 2.75) is 13.2 Å². The Morgan fingerprint density at radius 2 is 2.00 bits per heavy atom. The van der Waals surface area contributed by atoms with Crippen LogP contribution in [0, 0.1) is 0 Å². The zero-order valence-corrected chi connectivity index (χ0v) is 4.97. The summed E-state index contributed by atoms with van der Waals surface area (Å²) in [6.45, 7) is 3.11. The van der Waals surface area contributed by atoms with Crippen LogP contribution in [0.15, 0.2) is 12.2 Å². The van der Waals surface area contributed by atoms with Gasteiger partial charge in [0.05, 0.1) is 0 Å². The second-order valence-electron chi connectivity index (χ2n) is 2.00. The topological polar surface area (TPSA) is 3.24 Å². The van der Waals surface area contributed by atoms with Gasteiger partial charge in [0, 0.05) is 13.1 Å². The minimum absolute atomic E-state index is 0.775. The highest BCUT2D eigenvalue weighted by molar-refractivity contribution is 4.95. The molecule has 1 atom stereocenters. The van der Waals surface area contributed by atoms with E-state index >= 15 is 0 Å². The van der Waals surface area contributed by atoms with Gasteiger partial charge in [0.15, 0.2) is 6.30 Å². The van der Waals surface area contributed by atoms with Crippen LogP contribution in [-0.4, -0.2) is 24.3 Å². The Labute approximate surface area is 48.8 Å². The van der Waals surface area contributed by atoms with E-state index in [1.807, 2.05) is 12.2 Å². The molecule has 2 heteroatoms. The molecule has 0 saturated carbocycles. The van der Waals surface area contributed by atoms with Gasteiger partial charge in [-0.05, 0) is 6.92 Å². The average molecular weight is 115 g/mol.